The average Bonchev–Trinajstić information content (AvgIpc) is 2.09. The molecule has 0 fully saturated rings. The van der Waals surface area contributed by atoms with Crippen LogP contribution in [0.3, 0.4) is 0 Å². The fourth-order valence-electron chi connectivity index (χ4n) is 1.42. The molecule has 104 valence electrons. The molecule has 2 nitrogen and oxygen atoms in total. The molecule has 0 aliphatic rings. The minimum atomic E-state index is -5.35. The third-order valence-corrected chi connectivity index (χ3v) is 2.11. The molecule has 0 heterocycles. The van der Waals surface area contributed by atoms with Crippen molar-refractivity contribution in [1.29, 1.82) is 0 Å². The molecule has 0 amide bonds. The van der Waals surface area contributed by atoms with E-state index in [0.29, 0.717) is 6.42 Å². The number of halogens is 6. The van der Waals surface area contributed by atoms with Crippen LogP contribution in [0, 0.1) is 5.92 Å². The smallest absolute Gasteiger partial charge is 0.383 e. The highest BCUT2D eigenvalue weighted by Crippen LogP contribution is 2.41. The van der Waals surface area contributed by atoms with Crippen LogP contribution < -0.4 is 5.32 Å². The Hall–Kier alpha value is -0.500. The third kappa shape index (κ3) is 5.58. The number of methoxy groups -OCH3 is 1. The quantitative estimate of drug-likeness (QED) is 0.747. The highest BCUT2D eigenvalue weighted by atomic mass is 19.4. The van der Waals surface area contributed by atoms with Crippen LogP contribution in [-0.2, 0) is 4.74 Å². The van der Waals surface area contributed by atoms with Gasteiger partial charge in [0.05, 0.1) is 12.6 Å². The maximum atomic E-state index is 12.4. The van der Waals surface area contributed by atoms with E-state index in [4.69, 9.17) is 0 Å². The second kappa shape index (κ2) is 6.44. The predicted molar refractivity (Wildman–Crippen MR) is 49.6 cm³/mol. The van der Waals surface area contributed by atoms with Crippen LogP contribution in [0.1, 0.15) is 13.3 Å². The second-order valence-corrected chi connectivity index (χ2v) is 3.58. The van der Waals surface area contributed by atoms with E-state index in [0.717, 1.165) is 7.11 Å². The molecule has 0 aliphatic heterocycles. The fraction of sp³-hybridized carbons (Fsp3) is 1.00. The topological polar surface area (TPSA) is 21.3 Å². The Bertz CT molecular complexity index is 201. The summed E-state index contributed by atoms with van der Waals surface area (Å²) in [6, 6.07) is -1.82. The molecule has 1 N–H and O–H groups in total. The molecule has 0 aromatic carbocycles. The molecule has 0 saturated heterocycles. The van der Waals surface area contributed by atoms with Crippen molar-refractivity contribution in [3.8, 4) is 0 Å². The molecule has 0 rings (SSSR count). The summed E-state index contributed by atoms with van der Waals surface area (Å²) in [4.78, 5) is 0. The van der Waals surface area contributed by atoms with Gasteiger partial charge in [-0.05, 0) is 13.0 Å². The van der Waals surface area contributed by atoms with Crippen molar-refractivity contribution in [2.24, 2.45) is 5.92 Å². The minimum Gasteiger partial charge on any atom is -0.383 e. The summed E-state index contributed by atoms with van der Waals surface area (Å²) in [7, 11) is 1.06. The summed E-state index contributed by atoms with van der Waals surface area (Å²) in [5.74, 6) is -3.42. The van der Waals surface area contributed by atoms with Gasteiger partial charge >= 0.3 is 12.4 Å². The highest BCUT2D eigenvalue weighted by molar-refractivity contribution is 4.87. The molecule has 0 spiro atoms. The van der Waals surface area contributed by atoms with Gasteiger partial charge in [0.15, 0.2) is 5.92 Å². The highest BCUT2D eigenvalue weighted by Gasteiger charge is 2.60. The lowest BCUT2D eigenvalue weighted by atomic mass is 9.99. The fourth-order valence-corrected chi connectivity index (χ4v) is 1.42. The molecule has 0 aromatic rings. The second-order valence-electron chi connectivity index (χ2n) is 3.58. The summed E-state index contributed by atoms with van der Waals surface area (Å²) < 4.78 is 78.8. The van der Waals surface area contributed by atoms with Crippen LogP contribution in [0.15, 0.2) is 0 Å². The number of ether oxygens (including phenoxy) is 1. The van der Waals surface area contributed by atoms with E-state index in [9.17, 15) is 26.3 Å². The van der Waals surface area contributed by atoms with Crippen LogP contribution in [0.5, 0.6) is 0 Å². The van der Waals surface area contributed by atoms with Gasteiger partial charge in [-0.15, -0.1) is 0 Å². The Kier molecular flexibility index (Phi) is 6.25. The summed E-state index contributed by atoms with van der Waals surface area (Å²) in [6.07, 6.45) is -10.3. The molecular formula is C9H15F6NO. The van der Waals surface area contributed by atoms with Gasteiger partial charge in [0.25, 0.3) is 0 Å². The summed E-state index contributed by atoms with van der Waals surface area (Å²) >= 11 is 0. The van der Waals surface area contributed by atoms with E-state index in [1.165, 1.54) is 0 Å². The molecule has 0 saturated carbocycles. The third-order valence-electron chi connectivity index (χ3n) is 2.11. The lowest BCUT2D eigenvalue weighted by molar-refractivity contribution is -0.293. The van der Waals surface area contributed by atoms with Crippen LogP contribution >= 0.6 is 0 Å². The number of rotatable bonds is 6. The Morgan fingerprint density at radius 3 is 1.82 bits per heavy atom. The Morgan fingerprint density at radius 1 is 1.06 bits per heavy atom. The summed E-state index contributed by atoms with van der Waals surface area (Å²) in [5, 5.41) is 2.22. The van der Waals surface area contributed by atoms with E-state index >= 15 is 0 Å². The van der Waals surface area contributed by atoms with E-state index in [2.05, 4.69) is 10.1 Å². The van der Waals surface area contributed by atoms with Crippen LogP contribution in [0.4, 0.5) is 26.3 Å². The first-order valence-electron chi connectivity index (χ1n) is 5.00. The molecular weight excluding hydrogens is 252 g/mol. The van der Waals surface area contributed by atoms with E-state index in [1.54, 1.807) is 6.92 Å². The van der Waals surface area contributed by atoms with Gasteiger partial charge in [0, 0.05) is 7.11 Å². The van der Waals surface area contributed by atoms with Crippen molar-refractivity contribution >= 4 is 0 Å². The van der Waals surface area contributed by atoms with Crippen molar-refractivity contribution in [2.45, 2.75) is 31.7 Å². The van der Waals surface area contributed by atoms with Gasteiger partial charge in [0.2, 0.25) is 0 Å². The van der Waals surface area contributed by atoms with E-state index < -0.39 is 30.9 Å². The van der Waals surface area contributed by atoms with Crippen molar-refractivity contribution in [3.63, 3.8) is 0 Å². The molecule has 0 aliphatic carbocycles. The zero-order chi connectivity index (χ0) is 13.7. The monoisotopic (exact) mass is 267 g/mol. The predicted octanol–water partition coefficient (Wildman–Crippen LogP) is 2.74. The Balaban J connectivity index is 4.94. The molecule has 1 unspecified atom stereocenters. The number of nitrogens with one attached hydrogen (secondary N) is 1. The van der Waals surface area contributed by atoms with Gasteiger partial charge < -0.3 is 10.1 Å². The number of hydrogen-bond acceptors (Lipinski definition) is 2. The maximum absolute atomic E-state index is 12.4. The first-order valence-corrected chi connectivity index (χ1v) is 5.00. The van der Waals surface area contributed by atoms with Gasteiger partial charge in [-0.3, -0.25) is 0 Å². The first-order chi connectivity index (χ1) is 7.64. The van der Waals surface area contributed by atoms with Crippen molar-refractivity contribution in [1.82, 2.24) is 5.32 Å². The first kappa shape index (κ1) is 16.5. The maximum Gasteiger partial charge on any atom is 0.402 e. The summed E-state index contributed by atoms with van der Waals surface area (Å²) in [6.45, 7) is 1.06. The zero-order valence-electron chi connectivity index (χ0n) is 9.45. The standard InChI is InChI=1S/C9H15F6NO/c1-3-4-16-6(5-17-2)7(8(10,11)12)9(13,14)15/h6-7,16H,3-5H2,1-2H3. The zero-order valence-corrected chi connectivity index (χ0v) is 9.45. The van der Waals surface area contributed by atoms with E-state index in [1.807, 2.05) is 0 Å². The van der Waals surface area contributed by atoms with Crippen molar-refractivity contribution < 1.29 is 31.1 Å². The molecule has 8 heteroatoms. The van der Waals surface area contributed by atoms with Crippen LogP contribution in [0.25, 0.3) is 0 Å². The Morgan fingerprint density at radius 2 is 1.53 bits per heavy atom. The summed E-state index contributed by atoms with van der Waals surface area (Å²) in [5.41, 5.74) is 0. The van der Waals surface area contributed by atoms with Gasteiger partial charge in [-0.1, -0.05) is 6.92 Å². The lowest BCUT2D eigenvalue weighted by Crippen LogP contribution is -2.53. The van der Waals surface area contributed by atoms with Crippen LogP contribution in [-0.4, -0.2) is 38.7 Å². The molecule has 0 aromatic heterocycles. The van der Waals surface area contributed by atoms with E-state index in [-0.39, 0.29) is 6.54 Å². The number of alkyl halides is 6. The van der Waals surface area contributed by atoms with Gasteiger partial charge in [-0.2, -0.15) is 26.3 Å². The van der Waals surface area contributed by atoms with Crippen molar-refractivity contribution in [3.05, 3.63) is 0 Å². The Labute approximate surface area is 95.3 Å². The van der Waals surface area contributed by atoms with Gasteiger partial charge in [0.1, 0.15) is 0 Å². The SMILES string of the molecule is CCCNC(COC)C(C(F)(F)F)C(F)(F)F. The molecule has 1 atom stereocenters. The lowest BCUT2D eigenvalue weighted by Gasteiger charge is -2.30. The largest absolute Gasteiger partial charge is 0.402 e. The molecule has 0 radical (unpaired) electrons. The van der Waals surface area contributed by atoms with Gasteiger partial charge in [-0.25, -0.2) is 0 Å². The molecule has 0 bridgehead atoms. The number of hydrogen-bond donors (Lipinski definition) is 1. The van der Waals surface area contributed by atoms with Crippen LogP contribution in [0.2, 0.25) is 0 Å². The minimum absolute atomic E-state index is 0.0662. The normalized spacial score (nSPS) is 15.4. The van der Waals surface area contributed by atoms with Crippen molar-refractivity contribution in [2.75, 3.05) is 20.3 Å². The average molecular weight is 267 g/mol. The molecule has 17 heavy (non-hydrogen) atoms.